The average molecular weight is 276 g/mol. The van der Waals surface area contributed by atoms with Crippen LogP contribution in [0.5, 0.6) is 0 Å². The first-order valence-corrected chi connectivity index (χ1v) is 6.86. The van der Waals surface area contributed by atoms with Gasteiger partial charge in [0.25, 0.3) is 0 Å². The summed E-state index contributed by atoms with van der Waals surface area (Å²) in [5, 5.41) is 0. The molecule has 19 heavy (non-hydrogen) atoms. The summed E-state index contributed by atoms with van der Waals surface area (Å²) in [7, 11) is 1.35. The molecular weight excluding hydrogens is 248 g/mol. The predicted octanol–water partition coefficient (Wildman–Crippen LogP) is 0.252. The summed E-state index contributed by atoms with van der Waals surface area (Å²) in [6.07, 6.45) is 0.574. The van der Waals surface area contributed by atoms with Gasteiger partial charge in [-0.05, 0) is 20.3 Å². The van der Waals surface area contributed by atoms with Crippen molar-refractivity contribution in [1.82, 2.24) is 4.90 Å². The van der Waals surface area contributed by atoms with Crippen LogP contribution in [0.1, 0.15) is 20.3 Å². The van der Waals surface area contributed by atoms with Crippen LogP contribution in [0, 0.1) is 0 Å². The third kappa shape index (κ3) is 9.84. The lowest BCUT2D eigenvalue weighted by atomic mass is 10.2. The maximum absolute atomic E-state index is 11.2. The number of nitrogens with two attached hydrogens (primary N) is 1. The Morgan fingerprint density at radius 2 is 1.63 bits per heavy atom. The van der Waals surface area contributed by atoms with E-state index in [0.717, 1.165) is 19.6 Å². The summed E-state index contributed by atoms with van der Waals surface area (Å²) < 4.78 is 15.3. The van der Waals surface area contributed by atoms with E-state index in [9.17, 15) is 4.79 Å². The minimum absolute atomic E-state index is 0.366. The lowest BCUT2D eigenvalue weighted by Crippen LogP contribution is -2.38. The van der Waals surface area contributed by atoms with Crippen LogP contribution >= 0.6 is 0 Å². The maximum atomic E-state index is 11.2. The van der Waals surface area contributed by atoms with Crippen LogP contribution in [-0.2, 0) is 19.0 Å². The molecule has 0 aromatic heterocycles. The van der Waals surface area contributed by atoms with Crippen LogP contribution in [0.4, 0.5) is 0 Å². The van der Waals surface area contributed by atoms with Crippen molar-refractivity contribution < 1.29 is 19.0 Å². The Labute approximate surface area is 116 Å². The normalized spacial score (nSPS) is 12.7. The zero-order valence-electron chi connectivity index (χ0n) is 12.4. The summed E-state index contributed by atoms with van der Waals surface area (Å²) in [4.78, 5) is 13.4. The summed E-state index contributed by atoms with van der Waals surface area (Å²) >= 11 is 0. The second-order valence-corrected chi connectivity index (χ2v) is 4.15. The van der Waals surface area contributed by atoms with Gasteiger partial charge in [0.1, 0.15) is 6.04 Å². The van der Waals surface area contributed by atoms with Gasteiger partial charge in [0.05, 0.1) is 20.3 Å². The third-order valence-corrected chi connectivity index (χ3v) is 2.77. The second kappa shape index (κ2) is 12.3. The monoisotopic (exact) mass is 276 g/mol. The number of carbonyl (C=O) groups excluding carboxylic acids is 1. The number of carbonyl (C=O) groups is 1. The molecule has 6 heteroatoms. The molecule has 0 saturated heterocycles. The largest absolute Gasteiger partial charge is 0.468 e. The average Bonchev–Trinajstić information content (AvgIpc) is 2.43. The van der Waals surface area contributed by atoms with Crippen LogP contribution < -0.4 is 5.73 Å². The van der Waals surface area contributed by atoms with Crippen molar-refractivity contribution in [1.29, 1.82) is 0 Å². The Balaban J connectivity index is 3.97. The van der Waals surface area contributed by atoms with Crippen LogP contribution in [0.3, 0.4) is 0 Å². The zero-order chi connectivity index (χ0) is 14.5. The molecule has 0 fully saturated rings. The van der Waals surface area contributed by atoms with Crippen LogP contribution in [0.2, 0.25) is 0 Å². The van der Waals surface area contributed by atoms with Crippen LogP contribution in [-0.4, -0.2) is 70.1 Å². The molecule has 0 aliphatic heterocycles. The highest BCUT2D eigenvalue weighted by molar-refractivity contribution is 5.75. The van der Waals surface area contributed by atoms with Gasteiger partial charge in [-0.2, -0.15) is 0 Å². The van der Waals surface area contributed by atoms with E-state index in [-0.39, 0.29) is 5.97 Å². The van der Waals surface area contributed by atoms with E-state index in [4.69, 9.17) is 15.2 Å². The quantitative estimate of drug-likeness (QED) is 0.407. The van der Waals surface area contributed by atoms with E-state index in [1.807, 2.05) is 13.8 Å². The molecule has 0 saturated carbocycles. The number of methoxy groups -OCH3 is 1. The lowest BCUT2D eigenvalue weighted by Gasteiger charge is -2.23. The van der Waals surface area contributed by atoms with Gasteiger partial charge < -0.3 is 19.9 Å². The van der Waals surface area contributed by atoms with Crippen LogP contribution in [0.25, 0.3) is 0 Å². The highest BCUT2D eigenvalue weighted by Crippen LogP contribution is 1.97. The molecule has 0 heterocycles. The number of esters is 1. The summed E-state index contributed by atoms with van der Waals surface area (Å²) in [6, 6.07) is -0.563. The van der Waals surface area contributed by atoms with Crippen molar-refractivity contribution >= 4 is 5.97 Å². The minimum Gasteiger partial charge on any atom is -0.468 e. The standard InChI is InChI=1S/C13H28N2O4/c1-4-18-10-8-15(9-11-19-5-2)7-6-12(14)13(16)17-3/h12H,4-11,14H2,1-3H3. The Kier molecular flexibility index (Phi) is 11.9. The van der Waals surface area contributed by atoms with Gasteiger partial charge in [0.15, 0.2) is 0 Å². The minimum atomic E-state index is -0.563. The fourth-order valence-corrected chi connectivity index (χ4v) is 1.60. The highest BCUT2D eigenvalue weighted by Gasteiger charge is 2.15. The number of hydrogen-bond acceptors (Lipinski definition) is 6. The predicted molar refractivity (Wildman–Crippen MR) is 74.0 cm³/mol. The molecule has 0 bridgehead atoms. The van der Waals surface area contributed by atoms with Gasteiger partial charge in [-0.1, -0.05) is 0 Å². The van der Waals surface area contributed by atoms with Gasteiger partial charge in [-0.3, -0.25) is 9.69 Å². The van der Waals surface area contributed by atoms with Gasteiger partial charge >= 0.3 is 5.97 Å². The van der Waals surface area contributed by atoms with Crippen molar-refractivity contribution in [3.63, 3.8) is 0 Å². The molecule has 0 aromatic carbocycles. The van der Waals surface area contributed by atoms with Crippen molar-refractivity contribution in [2.24, 2.45) is 5.73 Å². The molecule has 0 radical (unpaired) electrons. The molecule has 0 spiro atoms. The van der Waals surface area contributed by atoms with Crippen LogP contribution in [0.15, 0.2) is 0 Å². The van der Waals surface area contributed by atoms with E-state index < -0.39 is 6.04 Å². The smallest absolute Gasteiger partial charge is 0.322 e. The summed E-state index contributed by atoms with van der Waals surface area (Å²) in [5.74, 6) is -0.366. The number of nitrogens with zero attached hydrogens (tertiary/aromatic N) is 1. The van der Waals surface area contributed by atoms with Crippen molar-refractivity contribution in [2.45, 2.75) is 26.3 Å². The first kappa shape index (κ1) is 18.3. The van der Waals surface area contributed by atoms with E-state index in [2.05, 4.69) is 9.64 Å². The lowest BCUT2D eigenvalue weighted by molar-refractivity contribution is -0.142. The summed E-state index contributed by atoms with van der Waals surface area (Å²) in [6.45, 7) is 9.07. The fourth-order valence-electron chi connectivity index (χ4n) is 1.60. The molecule has 6 nitrogen and oxygen atoms in total. The molecule has 1 atom stereocenters. The zero-order valence-corrected chi connectivity index (χ0v) is 12.4. The van der Waals surface area contributed by atoms with Crippen molar-refractivity contribution in [3.8, 4) is 0 Å². The number of ether oxygens (including phenoxy) is 3. The second-order valence-electron chi connectivity index (χ2n) is 4.15. The topological polar surface area (TPSA) is 74.0 Å². The molecule has 0 aliphatic carbocycles. The first-order chi connectivity index (χ1) is 9.15. The third-order valence-electron chi connectivity index (χ3n) is 2.77. The molecule has 0 aromatic rings. The molecule has 114 valence electrons. The SMILES string of the molecule is CCOCCN(CCOCC)CCC(N)C(=O)OC. The molecule has 0 rings (SSSR count). The Hall–Kier alpha value is -0.690. The highest BCUT2D eigenvalue weighted by atomic mass is 16.5. The van der Waals surface area contributed by atoms with Crippen molar-refractivity contribution in [3.05, 3.63) is 0 Å². The summed E-state index contributed by atoms with van der Waals surface area (Å²) in [5.41, 5.74) is 5.72. The van der Waals surface area contributed by atoms with Gasteiger partial charge in [-0.25, -0.2) is 0 Å². The molecular formula is C13H28N2O4. The molecule has 1 unspecified atom stereocenters. The van der Waals surface area contributed by atoms with Crippen molar-refractivity contribution in [2.75, 3.05) is 53.2 Å². The first-order valence-electron chi connectivity index (χ1n) is 6.86. The number of rotatable bonds is 12. The molecule has 2 N–H and O–H groups in total. The molecule has 0 aliphatic rings. The van der Waals surface area contributed by atoms with E-state index >= 15 is 0 Å². The Morgan fingerprint density at radius 3 is 2.05 bits per heavy atom. The van der Waals surface area contributed by atoms with Gasteiger partial charge in [-0.15, -0.1) is 0 Å². The number of hydrogen-bond donors (Lipinski definition) is 1. The maximum Gasteiger partial charge on any atom is 0.322 e. The van der Waals surface area contributed by atoms with E-state index in [0.29, 0.717) is 32.8 Å². The van der Waals surface area contributed by atoms with E-state index in [1.165, 1.54) is 7.11 Å². The Bertz CT molecular complexity index is 217. The Morgan fingerprint density at radius 1 is 1.11 bits per heavy atom. The van der Waals surface area contributed by atoms with Gasteiger partial charge in [0.2, 0.25) is 0 Å². The molecule has 0 amide bonds. The fraction of sp³-hybridized carbons (Fsp3) is 0.923. The van der Waals surface area contributed by atoms with E-state index in [1.54, 1.807) is 0 Å². The van der Waals surface area contributed by atoms with Gasteiger partial charge in [0, 0.05) is 32.8 Å².